The summed E-state index contributed by atoms with van der Waals surface area (Å²) in [5.74, 6) is 6.13. The van der Waals surface area contributed by atoms with E-state index in [0.29, 0.717) is 11.9 Å². The Balaban J connectivity index is 1.84. The Kier molecular flexibility index (Phi) is 3.17. The van der Waals surface area contributed by atoms with Crippen molar-refractivity contribution >= 4 is 22.8 Å². The van der Waals surface area contributed by atoms with E-state index in [0.717, 1.165) is 6.54 Å². The lowest BCUT2D eigenvalue weighted by Gasteiger charge is -2.24. The fourth-order valence-corrected chi connectivity index (χ4v) is 2.73. The van der Waals surface area contributed by atoms with Gasteiger partial charge >= 0.3 is 0 Å². The van der Waals surface area contributed by atoms with E-state index in [2.05, 4.69) is 32.1 Å². The molecule has 2 aromatic rings. The second kappa shape index (κ2) is 4.96. The molecule has 5 heteroatoms. The number of hydrogen-bond donors (Lipinski definition) is 2. The second-order valence-corrected chi connectivity index (χ2v) is 5.31. The average molecular weight is 260 g/mol. The van der Waals surface area contributed by atoms with Crippen LogP contribution in [0.5, 0.6) is 0 Å². The van der Waals surface area contributed by atoms with Gasteiger partial charge in [0.05, 0.1) is 0 Å². The molecule has 2 heterocycles. The lowest BCUT2D eigenvalue weighted by molar-refractivity contribution is 0.795. The standard InChI is InChI=1S/C13H16N4S/c14-16-13-7-12(3-5-15-13)17(11-1-2-11)8-10-4-6-18-9-10/h3-7,9,11H,1-2,8,14H2,(H,15,16). The van der Waals surface area contributed by atoms with Crippen molar-refractivity contribution < 1.29 is 0 Å². The van der Waals surface area contributed by atoms with E-state index in [1.165, 1.54) is 24.1 Å². The number of thiophene rings is 1. The summed E-state index contributed by atoms with van der Waals surface area (Å²) < 4.78 is 0. The van der Waals surface area contributed by atoms with Gasteiger partial charge in [-0.15, -0.1) is 0 Å². The van der Waals surface area contributed by atoms with Gasteiger partial charge in [-0.05, 0) is 41.3 Å². The first-order chi connectivity index (χ1) is 8.86. The van der Waals surface area contributed by atoms with Crippen molar-refractivity contribution in [2.75, 3.05) is 10.3 Å². The molecule has 0 saturated heterocycles. The van der Waals surface area contributed by atoms with Crippen molar-refractivity contribution in [2.45, 2.75) is 25.4 Å². The van der Waals surface area contributed by atoms with Gasteiger partial charge in [0, 0.05) is 30.5 Å². The van der Waals surface area contributed by atoms with Gasteiger partial charge in [-0.25, -0.2) is 10.8 Å². The number of anilines is 2. The summed E-state index contributed by atoms with van der Waals surface area (Å²) in [7, 11) is 0. The summed E-state index contributed by atoms with van der Waals surface area (Å²) in [5, 5.41) is 4.33. The molecule has 1 fully saturated rings. The zero-order valence-electron chi connectivity index (χ0n) is 10.0. The number of nitrogen functional groups attached to an aromatic ring is 1. The summed E-state index contributed by atoms with van der Waals surface area (Å²) in [6.07, 6.45) is 4.35. The molecule has 0 atom stereocenters. The molecule has 0 aromatic carbocycles. The number of hydrazine groups is 1. The first kappa shape index (κ1) is 11.5. The molecule has 3 N–H and O–H groups in total. The SMILES string of the molecule is NNc1cc(N(Cc2ccsc2)C2CC2)ccn1. The van der Waals surface area contributed by atoms with Gasteiger partial charge in [-0.3, -0.25) is 0 Å². The Morgan fingerprint density at radius 1 is 1.44 bits per heavy atom. The Labute approximate surface area is 110 Å². The highest BCUT2D eigenvalue weighted by Crippen LogP contribution is 2.33. The van der Waals surface area contributed by atoms with Crippen LogP contribution in [0.3, 0.4) is 0 Å². The lowest BCUT2D eigenvalue weighted by atomic mass is 10.2. The Morgan fingerprint density at radius 2 is 2.33 bits per heavy atom. The molecule has 1 aliphatic rings. The van der Waals surface area contributed by atoms with Gasteiger partial charge in [0.15, 0.2) is 0 Å². The van der Waals surface area contributed by atoms with Gasteiger partial charge in [0.2, 0.25) is 0 Å². The van der Waals surface area contributed by atoms with Crippen LogP contribution in [0.25, 0.3) is 0 Å². The van der Waals surface area contributed by atoms with E-state index < -0.39 is 0 Å². The van der Waals surface area contributed by atoms with E-state index in [9.17, 15) is 0 Å². The molecular formula is C13H16N4S. The van der Waals surface area contributed by atoms with Crippen LogP contribution < -0.4 is 16.2 Å². The maximum atomic E-state index is 5.42. The quantitative estimate of drug-likeness (QED) is 0.641. The monoisotopic (exact) mass is 260 g/mol. The van der Waals surface area contributed by atoms with Crippen LogP contribution in [0.15, 0.2) is 35.2 Å². The van der Waals surface area contributed by atoms with Gasteiger partial charge in [-0.1, -0.05) is 0 Å². The minimum Gasteiger partial charge on any atom is -0.364 e. The number of nitrogens with one attached hydrogen (secondary N) is 1. The number of hydrogen-bond acceptors (Lipinski definition) is 5. The molecular weight excluding hydrogens is 244 g/mol. The van der Waals surface area contributed by atoms with E-state index >= 15 is 0 Å². The largest absolute Gasteiger partial charge is 0.364 e. The molecule has 94 valence electrons. The zero-order valence-corrected chi connectivity index (χ0v) is 10.9. The molecule has 2 aromatic heterocycles. The third kappa shape index (κ3) is 2.47. The molecule has 0 radical (unpaired) electrons. The number of nitrogens with zero attached hydrogens (tertiary/aromatic N) is 2. The first-order valence-corrected chi connectivity index (χ1v) is 7.01. The third-order valence-corrected chi connectivity index (χ3v) is 3.88. The van der Waals surface area contributed by atoms with Crippen molar-refractivity contribution in [1.29, 1.82) is 0 Å². The molecule has 4 nitrogen and oxygen atoms in total. The summed E-state index contributed by atoms with van der Waals surface area (Å²) in [6, 6.07) is 6.90. The molecule has 18 heavy (non-hydrogen) atoms. The molecule has 0 aliphatic heterocycles. The first-order valence-electron chi connectivity index (χ1n) is 6.07. The fraction of sp³-hybridized carbons (Fsp3) is 0.308. The van der Waals surface area contributed by atoms with E-state index in [4.69, 9.17) is 5.84 Å². The number of nitrogens with two attached hydrogens (primary N) is 1. The number of pyridine rings is 1. The molecule has 1 aliphatic carbocycles. The topological polar surface area (TPSA) is 54.2 Å². The number of rotatable bonds is 5. The van der Waals surface area contributed by atoms with Crippen molar-refractivity contribution in [3.05, 3.63) is 40.7 Å². The van der Waals surface area contributed by atoms with Gasteiger partial charge in [0.1, 0.15) is 5.82 Å². The van der Waals surface area contributed by atoms with Gasteiger partial charge < -0.3 is 10.3 Å². The van der Waals surface area contributed by atoms with Crippen molar-refractivity contribution in [1.82, 2.24) is 4.98 Å². The Hall–Kier alpha value is -1.59. The van der Waals surface area contributed by atoms with Crippen molar-refractivity contribution in [2.24, 2.45) is 5.84 Å². The maximum Gasteiger partial charge on any atom is 0.141 e. The van der Waals surface area contributed by atoms with E-state index in [1.54, 1.807) is 17.5 Å². The molecule has 0 unspecified atom stereocenters. The fourth-order valence-electron chi connectivity index (χ4n) is 2.07. The molecule has 0 spiro atoms. The molecule has 3 rings (SSSR count). The minimum absolute atomic E-state index is 0.665. The Morgan fingerprint density at radius 3 is 3.00 bits per heavy atom. The predicted molar refractivity (Wildman–Crippen MR) is 75.6 cm³/mol. The van der Waals surface area contributed by atoms with Crippen molar-refractivity contribution in [3.8, 4) is 0 Å². The van der Waals surface area contributed by atoms with E-state index in [-0.39, 0.29) is 0 Å². The maximum absolute atomic E-state index is 5.42. The second-order valence-electron chi connectivity index (χ2n) is 4.53. The normalized spacial score (nSPS) is 14.5. The average Bonchev–Trinajstić information content (AvgIpc) is 3.13. The van der Waals surface area contributed by atoms with Gasteiger partial charge in [-0.2, -0.15) is 11.3 Å². The zero-order chi connectivity index (χ0) is 12.4. The number of aromatic nitrogens is 1. The van der Waals surface area contributed by atoms with Gasteiger partial charge in [0.25, 0.3) is 0 Å². The third-order valence-electron chi connectivity index (χ3n) is 3.14. The molecule has 1 saturated carbocycles. The highest BCUT2D eigenvalue weighted by Gasteiger charge is 2.29. The minimum atomic E-state index is 0.665. The van der Waals surface area contributed by atoms with Crippen LogP contribution in [0.1, 0.15) is 18.4 Å². The van der Waals surface area contributed by atoms with Crippen LogP contribution >= 0.6 is 11.3 Å². The summed E-state index contributed by atoms with van der Waals surface area (Å²) in [5.41, 5.74) is 5.16. The van der Waals surface area contributed by atoms with Crippen LogP contribution in [0.4, 0.5) is 11.5 Å². The lowest BCUT2D eigenvalue weighted by Crippen LogP contribution is -2.25. The summed E-state index contributed by atoms with van der Waals surface area (Å²) in [6.45, 7) is 0.961. The molecule has 0 amide bonds. The molecule has 0 bridgehead atoms. The summed E-state index contributed by atoms with van der Waals surface area (Å²) >= 11 is 1.75. The van der Waals surface area contributed by atoms with Crippen LogP contribution in [0.2, 0.25) is 0 Å². The smallest absolute Gasteiger partial charge is 0.141 e. The highest BCUT2D eigenvalue weighted by molar-refractivity contribution is 7.07. The van der Waals surface area contributed by atoms with Crippen molar-refractivity contribution in [3.63, 3.8) is 0 Å². The van der Waals surface area contributed by atoms with Crippen LogP contribution in [-0.2, 0) is 6.54 Å². The van der Waals surface area contributed by atoms with Crippen LogP contribution in [-0.4, -0.2) is 11.0 Å². The highest BCUT2D eigenvalue weighted by atomic mass is 32.1. The Bertz CT molecular complexity index is 507. The predicted octanol–water partition coefficient (Wildman–Crippen LogP) is 2.60. The van der Waals surface area contributed by atoms with E-state index in [1.807, 2.05) is 12.1 Å². The van der Waals surface area contributed by atoms with Crippen LogP contribution in [0, 0.1) is 0 Å². The summed E-state index contributed by atoms with van der Waals surface area (Å²) in [4.78, 5) is 6.59.